The van der Waals surface area contributed by atoms with Crippen LogP contribution in [0.5, 0.6) is 0 Å². The third-order valence-corrected chi connectivity index (χ3v) is 2.99. The van der Waals surface area contributed by atoms with Gasteiger partial charge in [-0.3, -0.25) is 0 Å². The molecule has 0 spiro atoms. The van der Waals surface area contributed by atoms with Crippen LogP contribution in [-0.2, 0) is 0 Å². The van der Waals surface area contributed by atoms with E-state index in [9.17, 15) is 5.11 Å². The van der Waals surface area contributed by atoms with E-state index in [1.165, 1.54) is 19.3 Å². The summed E-state index contributed by atoms with van der Waals surface area (Å²) in [5.41, 5.74) is 0. The minimum Gasteiger partial charge on any atom is -0.393 e. The largest absolute Gasteiger partial charge is 0.393 e. The van der Waals surface area contributed by atoms with Crippen molar-refractivity contribution >= 4 is 0 Å². The van der Waals surface area contributed by atoms with Crippen molar-refractivity contribution in [3.05, 3.63) is 0 Å². The lowest BCUT2D eigenvalue weighted by molar-refractivity contribution is 0.0388. The first kappa shape index (κ1) is 10.0. The fourth-order valence-electron chi connectivity index (χ4n) is 2.29. The van der Waals surface area contributed by atoms with Crippen LogP contribution in [0.2, 0.25) is 0 Å². The molecular formula is C11H22O. The van der Waals surface area contributed by atoms with Gasteiger partial charge in [0.15, 0.2) is 0 Å². The van der Waals surface area contributed by atoms with Gasteiger partial charge in [-0.05, 0) is 37.0 Å². The first-order valence-electron chi connectivity index (χ1n) is 5.27. The third kappa shape index (κ3) is 2.78. The summed E-state index contributed by atoms with van der Waals surface area (Å²) in [6.07, 6.45) is 4.76. The number of aliphatic hydroxyl groups is 1. The molecule has 1 saturated carbocycles. The molecule has 0 aliphatic heterocycles. The van der Waals surface area contributed by atoms with E-state index >= 15 is 0 Å². The van der Waals surface area contributed by atoms with Gasteiger partial charge in [-0.2, -0.15) is 0 Å². The maximum atomic E-state index is 9.79. The molecular weight excluding hydrogens is 148 g/mol. The van der Waals surface area contributed by atoms with Gasteiger partial charge < -0.3 is 5.11 Å². The summed E-state index contributed by atoms with van der Waals surface area (Å²) in [6.45, 7) is 6.73. The quantitative estimate of drug-likeness (QED) is 0.675. The fourth-order valence-corrected chi connectivity index (χ4v) is 2.29. The van der Waals surface area contributed by atoms with Crippen molar-refractivity contribution in [3.8, 4) is 0 Å². The van der Waals surface area contributed by atoms with Crippen LogP contribution in [0.4, 0.5) is 0 Å². The molecule has 1 aliphatic carbocycles. The second-order valence-corrected chi connectivity index (χ2v) is 4.88. The average Bonchev–Trinajstić information content (AvgIpc) is 1.94. The van der Waals surface area contributed by atoms with Crippen molar-refractivity contribution in [2.75, 3.05) is 0 Å². The van der Waals surface area contributed by atoms with Crippen LogP contribution in [0.25, 0.3) is 0 Å². The first-order valence-corrected chi connectivity index (χ1v) is 5.27. The molecule has 0 heterocycles. The highest BCUT2D eigenvalue weighted by Gasteiger charge is 2.26. The van der Waals surface area contributed by atoms with Crippen molar-refractivity contribution in [3.63, 3.8) is 0 Å². The number of hydrogen-bond donors (Lipinski definition) is 1. The van der Waals surface area contributed by atoms with Crippen molar-refractivity contribution in [1.29, 1.82) is 0 Å². The average molecular weight is 170 g/mol. The maximum absolute atomic E-state index is 9.79. The zero-order valence-electron chi connectivity index (χ0n) is 8.59. The minimum absolute atomic E-state index is 0.0175. The molecule has 0 aromatic carbocycles. The highest BCUT2D eigenvalue weighted by atomic mass is 16.3. The molecule has 12 heavy (non-hydrogen) atoms. The van der Waals surface area contributed by atoms with E-state index in [0.29, 0.717) is 5.92 Å². The molecule has 0 saturated heterocycles. The molecule has 0 aromatic heterocycles. The topological polar surface area (TPSA) is 20.2 Å². The maximum Gasteiger partial charge on any atom is 0.0571 e. The molecule has 1 aliphatic rings. The highest BCUT2D eigenvalue weighted by Crippen LogP contribution is 2.32. The van der Waals surface area contributed by atoms with Gasteiger partial charge in [0.1, 0.15) is 0 Å². The predicted molar refractivity (Wildman–Crippen MR) is 52.0 cm³/mol. The zero-order valence-corrected chi connectivity index (χ0v) is 8.59. The molecule has 1 rings (SSSR count). The smallest absolute Gasteiger partial charge is 0.0571 e. The van der Waals surface area contributed by atoms with Gasteiger partial charge in [-0.15, -0.1) is 0 Å². The second-order valence-electron chi connectivity index (χ2n) is 4.88. The summed E-state index contributed by atoms with van der Waals surface area (Å²) in [7, 11) is 0. The van der Waals surface area contributed by atoms with E-state index in [-0.39, 0.29) is 6.10 Å². The zero-order chi connectivity index (χ0) is 9.14. The van der Waals surface area contributed by atoms with Gasteiger partial charge in [-0.25, -0.2) is 0 Å². The molecule has 0 aromatic rings. The molecule has 1 nitrogen and oxygen atoms in total. The normalized spacial score (nSPS) is 37.2. The lowest BCUT2D eigenvalue weighted by Gasteiger charge is -2.32. The van der Waals surface area contributed by atoms with Crippen molar-refractivity contribution in [2.24, 2.45) is 17.8 Å². The van der Waals surface area contributed by atoms with Gasteiger partial charge in [0, 0.05) is 0 Å². The van der Waals surface area contributed by atoms with E-state index < -0.39 is 0 Å². The number of hydrogen-bond acceptors (Lipinski definition) is 1. The monoisotopic (exact) mass is 170 g/mol. The van der Waals surface area contributed by atoms with Gasteiger partial charge >= 0.3 is 0 Å². The second kappa shape index (κ2) is 4.27. The number of aliphatic hydroxyl groups excluding tert-OH is 1. The first-order chi connectivity index (χ1) is 5.59. The summed E-state index contributed by atoms with van der Waals surface area (Å²) in [6, 6.07) is 0. The van der Waals surface area contributed by atoms with Crippen molar-refractivity contribution < 1.29 is 5.11 Å². The SMILES string of the molecule is CC(C)C[C@@H]1CC[C@@H](C)C[C@H]1O. The summed E-state index contributed by atoms with van der Waals surface area (Å²) in [5, 5.41) is 9.79. The standard InChI is InChI=1S/C11H22O/c1-8(2)6-10-5-4-9(3)7-11(10)12/h8-12H,4-7H2,1-3H3/t9-,10+,11-/m1/s1. The van der Waals surface area contributed by atoms with Gasteiger partial charge in [-0.1, -0.05) is 27.2 Å². The lowest BCUT2D eigenvalue weighted by Crippen LogP contribution is -2.29. The summed E-state index contributed by atoms with van der Waals surface area (Å²) < 4.78 is 0. The Bertz CT molecular complexity index is 131. The lowest BCUT2D eigenvalue weighted by atomic mass is 9.77. The Balaban J connectivity index is 2.34. The fraction of sp³-hybridized carbons (Fsp3) is 1.00. The summed E-state index contributed by atoms with van der Waals surface area (Å²) in [5.74, 6) is 2.06. The van der Waals surface area contributed by atoms with Crippen molar-refractivity contribution in [2.45, 2.75) is 52.6 Å². The molecule has 0 radical (unpaired) electrons. The van der Waals surface area contributed by atoms with Crippen LogP contribution in [0.1, 0.15) is 46.5 Å². The van der Waals surface area contributed by atoms with Gasteiger partial charge in [0.2, 0.25) is 0 Å². The Morgan fingerprint density at radius 2 is 2.00 bits per heavy atom. The molecule has 0 amide bonds. The molecule has 72 valence electrons. The molecule has 1 N–H and O–H groups in total. The molecule has 3 atom stereocenters. The Morgan fingerprint density at radius 3 is 2.50 bits per heavy atom. The van der Waals surface area contributed by atoms with Gasteiger partial charge in [0.25, 0.3) is 0 Å². The van der Waals surface area contributed by atoms with Crippen LogP contribution in [-0.4, -0.2) is 11.2 Å². The Kier molecular flexibility index (Phi) is 3.57. The van der Waals surface area contributed by atoms with Crippen LogP contribution in [0.15, 0.2) is 0 Å². The van der Waals surface area contributed by atoms with Crippen LogP contribution in [0, 0.1) is 17.8 Å². The predicted octanol–water partition coefficient (Wildman–Crippen LogP) is 2.83. The van der Waals surface area contributed by atoms with Crippen LogP contribution >= 0.6 is 0 Å². The summed E-state index contributed by atoms with van der Waals surface area (Å²) in [4.78, 5) is 0. The van der Waals surface area contributed by atoms with E-state index in [1.807, 2.05) is 0 Å². The number of rotatable bonds is 2. The molecule has 0 bridgehead atoms. The van der Waals surface area contributed by atoms with Crippen molar-refractivity contribution in [1.82, 2.24) is 0 Å². The Morgan fingerprint density at radius 1 is 1.33 bits per heavy atom. The van der Waals surface area contributed by atoms with E-state index in [2.05, 4.69) is 20.8 Å². The van der Waals surface area contributed by atoms with Crippen LogP contribution < -0.4 is 0 Å². The Labute approximate surface area is 76.2 Å². The molecule has 1 fully saturated rings. The van der Waals surface area contributed by atoms with E-state index in [1.54, 1.807) is 0 Å². The molecule has 1 heteroatoms. The van der Waals surface area contributed by atoms with Crippen LogP contribution in [0.3, 0.4) is 0 Å². The Hall–Kier alpha value is -0.0400. The minimum atomic E-state index is -0.0175. The van der Waals surface area contributed by atoms with E-state index in [0.717, 1.165) is 18.3 Å². The van der Waals surface area contributed by atoms with E-state index in [4.69, 9.17) is 0 Å². The molecule has 0 unspecified atom stereocenters. The van der Waals surface area contributed by atoms with Gasteiger partial charge in [0.05, 0.1) is 6.10 Å². The summed E-state index contributed by atoms with van der Waals surface area (Å²) >= 11 is 0. The highest BCUT2D eigenvalue weighted by molar-refractivity contribution is 4.78. The third-order valence-electron chi connectivity index (χ3n) is 2.99.